The number of nitrogens with zero attached hydrogens (tertiary/aromatic N) is 2. The fraction of sp³-hybridized carbons (Fsp3) is 0.625. The molecule has 0 saturated carbocycles. The van der Waals surface area contributed by atoms with Crippen molar-refractivity contribution in [2.24, 2.45) is 7.05 Å². The molecule has 0 aromatic carbocycles. The molecule has 1 aromatic heterocycles. The van der Waals surface area contributed by atoms with Crippen LogP contribution in [0.25, 0.3) is 0 Å². The van der Waals surface area contributed by atoms with Crippen molar-refractivity contribution in [2.75, 3.05) is 0 Å². The van der Waals surface area contributed by atoms with Gasteiger partial charge in [-0.15, -0.1) is 11.6 Å². The summed E-state index contributed by atoms with van der Waals surface area (Å²) in [6, 6.07) is 0. The summed E-state index contributed by atoms with van der Waals surface area (Å²) in [7, 11) is 1.96. The first-order valence-corrected chi connectivity index (χ1v) is 4.31. The Hall–Kier alpha value is -0.500. The first kappa shape index (κ1) is 8.60. The van der Waals surface area contributed by atoms with Crippen molar-refractivity contribution in [1.82, 2.24) is 9.78 Å². The summed E-state index contributed by atoms with van der Waals surface area (Å²) >= 11 is 5.78. The van der Waals surface area contributed by atoms with Crippen molar-refractivity contribution in [2.45, 2.75) is 26.1 Å². The van der Waals surface area contributed by atoms with E-state index < -0.39 is 0 Å². The molecule has 0 aliphatic rings. The second-order valence-electron chi connectivity index (χ2n) is 2.62. The van der Waals surface area contributed by atoms with E-state index in [9.17, 15) is 0 Å². The Labute approximate surface area is 72.2 Å². The van der Waals surface area contributed by atoms with Crippen LogP contribution in [-0.2, 0) is 19.3 Å². The lowest BCUT2D eigenvalue weighted by Gasteiger charge is -1.98. The van der Waals surface area contributed by atoms with Crippen LogP contribution in [0.1, 0.15) is 23.9 Å². The fourth-order valence-corrected chi connectivity index (χ4v) is 1.71. The minimum Gasteiger partial charge on any atom is -0.272 e. The van der Waals surface area contributed by atoms with Gasteiger partial charge in [-0.2, -0.15) is 5.10 Å². The minimum atomic E-state index is 0.572. The summed E-state index contributed by atoms with van der Waals surface area (Å²) < 4.78 is 1.91. The predicted molar refractivity (Wildman–Crippen MR) is 46.9 cm³/mol. The molecule has 3 heteroatoms. The van der Waals surface area contributed by atoms with E-state index in [2.05, 4.69) is 12.0 Å². The van der Waals surface area contributed by atoms with Gasteiger partial charge >= 0.3 is 0 Å². The van der Waals surface area contributed by atoms with Crippen molar-refractivity contribution in [3.05, 3.63) is 17.0 Å². The van der Waals surface area contributed by atoms with Gasteiger partial charge in [-0.3, -0.25) is 4.68 Å². The first-order valence-electron chi connectivity index (χ1n) is 3.78. The Morgan fingerprint density at radius 3 is 2.55 bits per heavy atom. The van der Waals surface area contributed by atoms with Crippen LogP contribution in [0.4, 0.5) is 0 Å². The standard InChI is InChI=1S/C8H13ClN2/c1-4-8-7(5-9)6(2)10-11(8)3/h4-5H2,1-3H3. The van der Waals surface area contributed by atoms with Crippen LogP contribution in [-0.4, -0.2) is 9.78 Å². The van der Waals surface area contributed by atoms with E-state index in [1.165, 1.54) is 11.3 Å². The Kier molecular flexibility index (Phi) is 2.55. The average Bonchev–Trinajstić information content (AvgIpc) is 2.24. The van der Waals surface area contributed by atoms with Gasteiger partial charge in [0.1, 0.15) is 0 Å². The smallest absolute Gasteiger partial charge is 0.0640 e. The number of alkyl halides is 1. The highest BCUT2D eigenvalue weighted by atomic mass is 35.5. The summed E-state index contributed by atoms with van der Waals surface area (Å²) in [6.07, 6.45) is 0.999. The van der Waals surface area contributed by atoms with E-state index in [-0.39, 0.29) is 0 Å². The summed E-state index contributed by atoms with van der Waals surface area (Å²) in [4.78, 5) is 0. The molecule has 0 spiro atoms. The molecule has 0 fully saturated rings. The van der Waals surface area contributed by atoms with Crippen LogP contribution >= 0.6 is 11.6 Å². The Balaban J connectivity index is 3.17. The van der Waals surface area contributed by atoms with Gasteiger partial charge in [-0.05, 0) is 13.3 Å². The molecule has 0 amide bonds. The molecule has 0 aliphatic carbocycles. The van der Waals surface area contributed by atoms with E-state index in [1.54, 1.807) is 0 Å². The number of hydrogen-bond donors (Lipinski definition) is 0. The largest absolute Gasteiger partial charge is 0.272 e. The molecule has 0 unspecified atom stereocenters. The number of rotatable bonds is 2. The van der Waals surface area contributed by atoms with Crippen LogP contribution in [0.5, 0.6) is 0 Å². The lowest BCUT2D eigenvalue weighted by molar-refractivity contribution is 0.710. The summed E-state index contributed by atoms with van der Waals surface area (Å²) in [5.41, 5.74) is 3.49. The predicted octanol–water partition coefficient (Wildman–Crippen LogP) is 2.03. The van der Waals surface area contributed by atoms with Crippen LogP contribution in [0.15, 0.2) is 0 Å². The molecule has 62 valence electrons. The monoisotopic (exact) mass is 172 g/mol. The number of hydrogen-bond acceptors (Lipinski definition) is 1. The molecule has 0 aliphatic heterocycles. The zero-order valence-corrected chi connectivity index (χ0v) is 7.94. The van der Waals surface area contributed by atoms with Gasteiger partial charge in [0.2, 0.25) is 0 Å². The molecule has 1 heterocycles. The molecule has 1 rings (SSSR count). The second-order valence-corrected chi connectivity index (χ2v) is 2.89. The second kappa shape index (κ2) is 3.26. The topological polar surface area (TPSA) is 17.8 Å². The molecule has 11 heavy (non-hydrogen) atoms. The van der Waals surface area contributed by atoms with Crippen LogP contribution in [0.3, 0.4) is 0 Å². The van der Waals surface area contributed by atoms with Crippen LogP contribution < -0.4 is 0 Å². The third-order valence-corrected chi connectivity index (χ3v) is 2.21. The lowest BCUT2D eigenvalue weighted by atomic mass is 10.2. The number of halogens is 1. The normalized spacial score (nSPS) is 10.5. The Morgan fingerprint density at radius 2 is 2.18 bits per heavy atom. The molecule has 0 radical (unpaired) electrons. The molecule has 0 atom stereocenters. The van der Waals surface area contributed by atoms with Gasteiger partial charge in [0.15, 0.2) is 0 Å². The Bertz CT molecular complexity index is 228. The number of aryl methyl sites for hydroxylation is 2. The van der Waals surface area contributed by atoms with Gasteiger partial charge in [0.25, 0.3) is 0 Å². The van der Waals surface area contributed by atoms with E-state index in [0.717, 1.165) is 12.1 Å². The van der Waals surface area contributed by atoms with Crippen LogP contribution in [0.2, 0.25) is 0 Å². The molecular weight excluding hydrogens is 160 g/mol. The van der Waals surface area contributed by atoms with E-state index >= 15 is 0 Å². The quantitative estimate of drug-likeness (QED) is 0.625. The first-order chi connectivity index (χ1) is 5.20. The van der Waals surface area contributed by atoms with Gasteiger partial charge in [0, 0.05) is 18.3 Å². The molecule has 0 saturated heterocycles. The third-order valence-electron chi connectivity index (χ3n) is 1.94. The van der Waals surface area contributed by atoms with E-state index in [0.29, 0.717) is 5.88 Å². The maximum Gasteiger partial charge on any atom is 0.0640 e. The summed E-state index contributed by atoms with van der Waals surface area (Å²) in [5.74, 6) is 0.572. The van der Waals surface area contributed by atoms with Gasteiger partial charge < -0.3 is 0 Å². The van der Waals surface area contributed by atoms with Crippen molar-refractivity contribution in [3.8, 4) is 0 Å². The van der Waals surface area contributed by atoms with Crippen molar-refractivity contribution >= 4 is 11.6 Å². The highest BCUT2D eigenvalue weighted by Gasteiger charge is 2.09. The van der Waals surface area contributed by atoms with Crippen molar-refractivity contribution in [3.63, 3.8) is 0 Å². The van der Waals surface area contributed by atoms with Gasteiger partial charge in [0.05, 0.1) is 11.6 Å². The fourth-order valence-electron chi connectivity index (χ4n) is 1.37. The van der Waals surface area contributed by atoms with Crippen LogP contribution in [0, 0.1) is 6.92 Å². The van der Waals surface area contributed by atoms with Crippen molar-refractivity contribution in [1.29, 1.82) is 0 Å². The number of aromatic nitrogens is 2. The Morgan fingerprint density at radius 1 is 1.55 bits per heavy atom. The maximum absolute atomic E-state index is 5.78. The zero-order valence-electron chi connectivity index (χ0n) is 7.19. The molecule has 1 aromatic rings. The highest BCUT2D eigenvalue weighted by molar-refractivity contribution is 6.17. The summed E-state index contributed by atoms with van der Waals surface area (Å²) in [5, 5.41) is 4.28. The highest BCUT2D eigenvalue weighted by Crippen LogP contribution is 2.15. The summed E-state index contributed by atoms with van der Waals surface area (Å²) in [6.45, 7) is 4.11. The van der Waals surface area contributed by atoms with E-state index in [4.69, 9.17) is 11.6 Å². The SMILES string of the molecule is CCc1c(CCl)c(C)nn1C. The average molecular weight is 173 g/mol. The third kappa shape index (κ3) is 1.41. The molecule has 2 nitrogen and oxygen atoms in total. The molecule has 0 N–H and O–H groups in total. The van der Waals surface area contributed by atoms with Crippen molar-refractivity contribution < 1.29 is 0 Å². The molecule has 0 bridgehead atoms. The van der Waals surface area contributed by atoms with Gasteiger partial charge in [-0.25, -0.2) is 0 Å². The van der Waals surface area contributed by atoms with E-state index in [1.807, 2.05) is 18.7 Å². The minimum absolute atomic E-state index is 0.572. The maximum atomic E-state index is 5.78. The van der Waals surface area contributed by atoms with Gasteiger partial charge in [-0.1, -0.05) is 6.92 Å². The lowest BCUT2D eigenvalue weighted by Crippen LogP contribution is -1.97. The zero-order chi connectivity index (χ0) is 8.43. The molecular formula is C8H13ClN2.